The Kier molecular flexibility index (Phi) is 18.1. The van der Waals surface area contributed by atoms with Gasteiger partial charge in [0.25, 0.3) is 0 Å². The maximum absolute atomic E-state index is 3.54. The van der Waals surface area contributed by atoms with Crippen LogP contribution in [0.1, 0.15) is 55.6 Å². The zero-order valence-electron chi connectivity index (χ0n) is 55.9. The number of para-hydroxylation sites is 1. The first-order valence-corrected chi connectivity index (χ1v) is 35.6. The van der Waals surface area contributed by atoms with E-state index in [0.717, 1.165) is 28.0 Å². The molecule has 1 nitrogen and oxygen atoms in total. The minimum Gasteiger partial charge on any atom is -0.311 e. The topological polar surface area (TPSA) is 3.24 Å². The molecule has 480 valence electrons. The van der Waals surface area contributed by atoms with Crippen molar-refractivity contribution in [1.82, 2.24) is 0 Å². The molecule has 0 saturated heterocycles. The van der Waals surface area contributed by atoms with Crippen LogP contribution in [0.25, 0.3) is 66.8 Å². The zero-order valence-corrected chi connectivity index (χ0v) is 57.5. The minimum absolute atomic E-state index is 0.327. The van der Waals surface area contributed by atoms with Crippen LogP contribution in [-0.4, -0.2) is 0 Å². The number of rotatable bonds is 13. The van der Waals surface area contributed by atoms with E-state index in [1.54, 1.807) is 0 Å². The lowest BCUT2D eigenvalue weighted by molar-refractivity contribution is 0.768. The van der Waals surface area contributed by atoms with Crippen LogP contribution < -0.4 is 4.90 Å². The first kappa shape index (κ1) is 63.5. The minimum atomic E-state index is -0.386. The fourth-order valence-electron chi connectivity index (χ4n) is 15.4. The van der Waals surface area contributed by atoms with Gasteiger partial charge in [-0.3, -0.25) is 0 Å². The van der Waals surface area contributed by atoms with Crippen LogP contribution in [0.4, 0.5) is 17.1 Å². The van der Waals surface area contributed by atoms with Gasteiger partial charge in [-0.15, -0.1) is 0 Å². The average Bonchev–Trinajstić information content (AvgIpc) is 1.56. The summed E-state index contributed by atoms with van der Waals surface area (Å²) in [5.74, 6) is 0. The second-order valence-electron chi connectivity index (χ2n) is 25.9. The Labute approximate surface area is 602 Å². The van der Waals surface area contributed by atoms with Crippen molar-refractivity contribution < 1.29 is 0 Å². The van der Waals surface area contributed by atoms with Gasteiger partial charge in [0, 0.05) is 21.5 Å². The number of hydrogen-bond donors (Lipinski definition) is 0. The van der Waals surface area contributed by atoms with Crippen molar-refractivity contribution in [2.75, 3.05) is 4.90 Å². The highest BCUT2D eigenvalue weighted by Crippen LogP contribution is 2.58. The van der Waals surface area contributed by atoms with Gasteiger partial charge in [-0.05, 0) is 177 Å². The molecule has 18 rings (SSSR count). The highest BCUT2D eigenvalue weighted by molar-refractivity contribution is 9.10. The van der Waals surface area contributed by atoms with E-state index in [2.05, 4.69) is 439 Å². The van der Waals surface area contributed by atoms with Crippen LogP contribution in [-0.2, 0) is 17.3 Å². The second kappa shape index (κ2) is 28.7. The van der Waals surface area contributed by atoms with Gasteiger partial charge in [-0.2, -0.15) is 0 Å². The maximum atomic E-state index is 3.54. The molecular weight excluding hydrogens is 1280 g/mol. The van der Waals surface area contributed by atoms with E-state index in [9.17, 15) is 0 Å². The molecule has 0 aliphatic heterocycles. The molecule has 2 aliphatic rings. The van der Waals surface area contributed by atoms with Crippen LogP contribution in [0.5, 0.6) is 0 Å². The van der Waals surface area contributed by atoms with E-state index in [1.165, 1.54) is 122 Å². The van der Waals surface area contributed by atoms with Crippen molar-refractivity contribution >= 4 is 33.0 Å². The normalized spacial score (nSPS) is 12.4. The van der Waals surface area contributed by atoms with E-state index in [0.29, 0.717) is 0 Å². The molecular formula is C99H72BrN. The summed E-state index contributed by atoms with van der Waals surface area (Å²) in [5.41, 5.74) is 31.0. The van der Waals surface area contributed by atoms with Gasteiger partial charge in [0.05, 0.1) is 10.8 Å². The molecule has 16 aromatic carbocycles. The van der Waals surface area contributed by atoms with Gasteiger partial charge >= 0.3 is 0 Å². The molecule has 16 aromatic rings. The first-order valence-electron chi connectivity index (χ1n) is 34.8. The van der Waals surface area contributed by atoms with E-state index in [4.69, 9.17) is 0 Å². The molecule has 0 atom stereocenters. The quantitative estimate of drug-likeness (QED) is 0.111. The summed E-state index contributed by atoms with van der Waals surface area (Å²) in [5, 5.41) is 0. The van der Waals surface area contributed by atoms with E-state index in [-0.39, 0.29) is 10.8 Å². The summed E-state index contributed by atoms with van der Waals surface area (Å²) in [4.78, 5) is 2.32. The molecule has 0 N–H and O–H groups in total. The van der Waals surface area contributed by atoms with Crippen molar-refractivity contribution in [1.29, 1.82) is 0 Å². The summed E-state index contributed by atoms with van der Waals surface area (Å²) in [7, 11) is 0. The Morgan fingerprint density at radius 1 is 0.188 bits per heavy atom. The molecule has 2 heteroatoms. The fourth-order valence-corrected chi connectivity index (χ4v) is 15.7. The van der Waals surface area contributed by atoms with Gasteiger partial charge < -0.3 is 4.90 Å². The van der Waals surface area contributed by atoms with Crippen LogP contribution in [0.15, 0.2) is 429 Å². The summed E-state index contributed by atoms with van der Waals surface area (Å²) in [6.45, 7) is 0. The van der Waals surface area contributed by atoms with Crippen molar-refractivity contribution in [3.05, 3.63) is 485 Å². The van der Waals surface area contributed by atoms with Gasteiger partial charge in [0.1, 0.15) is 0 Å². The molecule has 0 aromatic heterocycles. The lowest BCUT2D eigenvalue weighted by Gasteiger charge is -2.34. The van der Waals surface area contributed by atoms with Gasteiger partial charge in [-0.25, -0.2) is 0 Å². The molecule has 0 heterocycles. The van der Waals surface area contributed by atoms with E-state index < -0.39 is 0 Å². The first-order chi connectivity index (χ1) is 50.0. The van der Waals surface area contributed by atoms with Gasteiger partial charge in [0.2, 0.25) is 0 Å². The van der Waals surface area contributed by atoms with Crippen molar-refractivity contribution in [2.24, 2.45) is 0 Å². The number of halogens is 1. The molecule has 0 amide bonds. The van der Waals surface area contributed by atoms with Crippen molar-refractivity contribution in [2.45, 2.75) is 17.3 Å². The second-order valence-corrected chi connectivity index (χ2v) is 26.8. The largest absolute Gasteiger partial charge is 0.311 e. The Morgan fingerprint density at radius 3 is 0.762 bits per heavy atom. The third kappa shape index (κ3) is 12.5. The molecule has 0 unspecified atom stereocenters. The summed E-state index contributed by atoms with van der Waals surface area (Å²) in [6, 6.07) is 153. The number of nitrogens with zero attached hydrogens (tertiary/aromatic N) is 1. The third-order valence-electron chi connectivity index (χ3n) is 20.1. The summed E-state index contributed by atoms with van der Waals surface area (Å²) >= 11 is 3.54. The third-order valence-corrected chi connectivity index (χ3v) is 20.7. The summed E-state index contributed by atoms with van der Waals surface area (Å²) in [6.07, 6.45) is 0.996. The van der Waals surface area contributed by atoms with Crippen LogP contribution in [0, 0.1) is 0 Å². The predicted octanol–water partition coefficient (Wildman–Crippen LogP) is 26.3. The number of hydrogen-bond acceptors (Lipinski definition) is 1. The molecule has 0 fully saturated rings. The maximum Gasteiger partial charge on any atom is 0.0713 e. The Morgan fingerprint density at radius 2 is 0.416 bits per heavy atom. The van der Waals surface area contributed by atoms with Gasteiger partial charge in [-0.1, -0.05) is 392 Å². The number of fused-ring (bicyclic) bond motifs is 6. The van der Waals surface area contributed by atoms with Crippen LogP contribution in [0.2, 0.25) is 0 Å². The van der Waals surface area contributed by atoms with E-state index in [1.807, 2.05) is 6.07 Å². The standard InChI is InChI=1S/C49H35N.C31H21Br.C19H16/c1-4-14-36(15-5-1)38-26-32-43(33-27-38)50(42-18-8-3-9-19-42)44-34-28-39(29-35-44)37-24-30-41(31-25-37)49(40-16-6-2-7-17-40)47-22-12-10-20-45(47)46-21-11-13-23-48(46)49;32-26-20-16-23(17-21-26)22-14-18-25(19-15-22)31(24-8-2-1-3-9-24)29-12-6-4-10-27(29)28-11-5-7-13-30(28)31;1-3-7-16(8-4-1)15-17-11-13-19(14-12-17)18-9-5-2-6-10-18/h1-35H;1-21H;1-14H,15H2. The smallest absolute Gasteiger partial charge is 0.0713 e. The van der Waals surface area contributed by atoms with E-state index >= 15 is 0 Å². The fraction of sp³-hybridized carbons (Fsp3) is 0.0303. The Balaban J connectivity index is 0.000000132. The highest BCUT2D eigenvalue weighted by Gasteiger charge is 2.47. The lowest BCUT2D eigenvalue weighted by atomic mass is 9.67. The zero-order chi connectivity index (χ0) is 67.8. The molecule has 0 saturated carbocycles. The molecule has 0 radical (unpaired) electrons. The van der Waals surface area contributed by atoms with Crippen LogP contribution >= 0.6 is 15.9 Å². The molecule has 0 bridgehead atoms. The Bertz CT molecular complexity index is 5320. The molecule has 0 spiro atoms. The summed E-state index contributed by atoms with van der Waals surface area (Å²) < 4.78 is 1.10. The predicted molar refractivity (Wildman–Crippen MR) is 427 cm³/mol. The number of benzene rings is 16. The van der Waals surface area contributed by atoms with Gasteiger partial charge in [0.15, 0.2) is 0 Å². The van der Waals surface area contributed by atoms with Crippen LogP contribution in [0.3, 0.4) is 0 Å². The Hall–Kier alpha value is -12.2. The number of anilines is 3. The van der Waals surface area contributed by atoms with Crippen molar-refractivity contribution in [3.63, 3.8) is 0 Å². The SMILES string of the molecule is Brc1ccc(-c2ccc(C3(c4ccccc4)c4ccccc4-c4ccccc43)cc2)cc1.c1ccc(-c2ccc(N(c3ccccc3)c3ccc(-c4ccc(C5(c6ccccc6)c6ccccc6-c6ccccc65)cc4)cc3)cc2)cc1.c1ccc(Cc2ccc(-c3ccccc3)cc2)cc1. The average molecular weight is 1360 g/mol. The molecule has 2 aliphatic carbocycles. The van der Waals surface area contributed by atoms with Crippen molar-refractivity contribution in [3.8, 4) is 66.8 Å². The molecule has 101 heavy (non-hydrogen) atoms. The monoisotopic (exact) mass is 1350 g/mol. The highest BCUT2D eigenvalue weighted by atomic mass is 79.9. The lowest BCUT2D eigenvalue weighted by Crippen LogP contribution is -2.28.